The monoisotopic (exact) mass is 266 g/mol. The standard InChI is InChI=1S/C17H34N2/c1-2-3-4-7-12-17(18-13-8-5-9-14-18)19-15-10-6-11-16-19/h17H,2-16H2,1H3. The largest absolute Gasteiger partial charge is 0.288 e. The Kier molecular flexibility index (Phi) is 7.23. The third-order valence-corrected chi connectivity index (χ3v) is 4.94. The van der Waals surface area contributed by atoms with Gasteiger partial charge in [-0.1, -0.05) is 45.4 Å². The highest BCUT2D eigenvalue weighted by Gasteiger charge is 2.26. The smallest absolute Gasteiger partial charge is 0.0622 e. The molecule has 2 rings (SSSR count). The van der Waals surface area contributed by atoms with Gasteiger partial charge in [-0.05, 0) is 58.3 Å². The fourth-order valence-corrected chi connectivity index (χ4v) is 3.78. The molecule has 2 aliphatic heterocycles. The van der Waals surface area contributed by atoms with E-state index in [9.17, 15) is 0 Å². The van der Waals surface area contributed by atoms with Crippen LogP contribution < -0.4 is 0 Å². The van der Waals surface area contributed by atoms with Crippen molar-refractivity contribution in [3.8, 4) is 0 Å². The number of likely N-dealkylation sites (tertiary alicyclic amines) is 2. The van der Waals surface area contributed by atoms with Crippen LogP contribution in [0, 0.1) is 0 Å². The van der Waals surface area contributed by atoms with E-state index in [-0.39, 0.29) is 0 Å². The summed E-state index contributed by atoms with van der Waals surface area (Å²) in [6.07, 6.45) is 16.5. The second-order valence-corrected chi connectivity index (χ2v) is 6.52. The summed E-state index contributed by atoms with van der Waals surface area (Å²) in [5.41, 5.74) is 0. The lowest BCUT2D eigenvalue weighted by atomic mass is 10.0. The highest BCUT2D eigenvalue weighted by atomic mass is 15.4. The third kappa shape index (κ3) is 5.07. The summed E-state index contributed by atoms with van der Waals surface area (Å²) in [4.78, 5) is 5.61. The maximum atomic E-state index is 2.81. The maximum absolute atomic E-state index is 2.81. The van der Waals surface area contributed by atoms with Crippen molar-refractivity contribution in [2.75, 3.05) is 26.2 Å². The average molecular weight is 266 g/mol. The van der Waals surface area contributed by atoms with E-state index in [0.717, 1.165) is 6.17 Å². The van der Waals surface area contributed by atoms with Crippen molar-refractivity contribution in [2.24, 2.45) is 0 Å². The van der Waals surface area contributed by atoms with Crippen LogP contribution in [0.3, 0.4) is 0 Å². The fraction of sp³-hybridized carbons (Fsp3) is 1.00. The first-order chi connectivity index (χ1) is 9.42. The first-order valence-electron chi connectivity index (χ1n) is 8.90. The van der Waals surface area contributed by atoms with Gasteiger partial charge in [0, 0.05) is 0 Å². The Morgan fingerprint density at radius 3 is 1.68 bits per heavy atom. The van der Waals surface area contributed by atoms with Crippen LogP contribution in [0.1, 0.15) is 77.6 Å². The molecule has 0 radical (unpaired) electrons. The van der Waals surface area contributed by atoms with Gasteiger partial charge in [-0.25, -0.2) is 0 Å². The van der Waals surface area contributed by atoms with Crippen molar-refractivity contribution in [2.45, 2.75) is 83.7 Å². The molecule has 0 N–H and O–H groups in total. The van der Waals surface area contributed by atoms with E-state index < -0.39 is 0 Å². The molecule has 19 heavy (non-hydrogen) atoms. The number of hydrogen-bond donors (Lipinski definition) is 0. The molecule has 2 saturated heterocycles. The Morgan fingerprint density at radius 1 is 0.684 bits per heavy atom. The number of unbranched alkanes of at least 4 members (excludes halogenated alkanes) is 3. The second kappa shape index (κ2) is 8.97. The Balaban J connectivity index is 1.83. The third-order valence-electron chi connectivity index (χ3n) is 4.94. The first kappa shape index (κ1) is 15.3. The van der Waals surface area contributed by atoms with Crippen molar-refractivity contribution in [1.29, 1.82) is 0 Å². The molecule has 0 amide bonds. The summed E-state index contributed by atoms with van der Waals surface area (Å²) in [5, 5.41) is 0. The van der Waals surface area contributed by atoms with Gasteiger partial charge in [0.05, 0.1) is 6.17 Å². The summed E-state index contributed by atoms with van der Waals surface area (Å²) < 4.78 is 0. The molecule has 2 nitrogen and oxygen atoms in total. The van der Waals surface area contributed by atoms with E-state index in [0.29, 0.717) is 0 Å². The lowest BCUT2D eigenvalue weighted by Crippen LogP contribution is -2.51. The number of piperidine rings is 2. The zero-order chi connectivity index (χ0) is 13.3. The summed E-state index contributed by atoms with van der Waals surface area (Å²) in [7, 11) is 0. The Labute approximate surface area is 120 Å². The topological polar surface area (TPSA) is 6.48 Å². The predicted molar refractivity (Wildman–Crippen MR) is 83.4 cm³/mol. The molecule has 0 unspecified atom stereocenters. The van der Waals surface area contributed by atoms with Crippen LogP contribution in [-0.4, -0.2) is 42.1 Å². The molecule has 0 aromatic rings. The lowest BCUT2D eigenvalue weighted by Gasteiger charge is -2.43. The van der Waals surface area contributed by atoms with E-state index in [4.69, 9.17) is 0 Å². The minimum absolute atomic E-state index is 0.775. The summed E-state index contributed by atoms with van der Waals surface area (Å²) in [5.74, 6) is 0. The van der Waals surface area contributed by atoms with Gasteiger partial charge in [0.25, 0.3) is 0 Å². The first-order valence-corrected chi connectivity index (χ1v) is 8.90. The van der Waals surface area contributed by atoms with Gasteiger partial charge in [-0.15, -0.1) is 0 Å². The van der Waals surface area contributed by atoms with E-state index in [1.54, 1.807) is 0 Å². The molecule has 0 aromatic carbocycles. The summed E-state index contributed by atoms with van der Waals surface area (Å²) >= 11 is 0. The molecule has 2 aliphatic rings. The van der Waals surface area contributed by atoms with Gasteiger partial charge in [-0.2, -0.15) is 0 Å². The van der Waals surface area contributed by atoms with E-state index in [2.05, 4.69) is 16.7 Å². The van der Waals surface area contributed by atoms with Crippen LogP contribution in [-0.2, 0) is 0 Å². The van der Waals surface area contributed by atoms with E-state index >= 15 is 0 Å². The second-order valence-electron chi connectivity index (χ2n) is 6.52. The van der Waals surface area contributed by atoms with Gasteiger partial charge in [0.15, 0.2) is 0 Å². The predicted octanol–water partition coefficient (Wildman–Crippen LogP) is 4.25. The molecule has 112 valence electrons. The van der Waals surface area contributed by atoms with Crippen LogP contribution in [0.2, 0.25) is 0 Å². The van der Waals surface area contributed by atoms with Gasteiger partial charge in [0.1, 0.15) is 0 Å². The van der Waals surface area contributed by atoms with Gasteiger partial charge in [0.2, 0.25) is 0 Å². The molecular weight excluding hydrogens is 232 g/mol. The fourth-order valence-electron chi connectivity index (χ4n) is 3.78. The Hall–Kier alpha value is -0.0800. The van der Waals surface area contributed by atoms with Crippen molar-refractivity contribution < 1.29 is 0 Å². The summed E-state index contributed by atoms with van der Waals surface area (Å²) in [6.45, 7) is 7.74. The van der Waals surface area contributed by atoms with Crippen LogP contribution in [0.5, 0.6) is 0 Å². The van der Waals surface area contributed by atoms with Gasteiger partial charge >= 0.3 is 0 Å². The van der Waals surface area contributed by atoms with Gasteiger partial charge in [-0.3, -0.25) is 9.80 Å². The van der Waals surface area contributed by atoms with Crippen LogP contribution in [0.4, 0.5) is 0 Å². The minimum atomic E-state index is 0.775. The molecule has 2 heterocycles. The summed E-state index contributed by atoms with van der Waals surface area (Å²) in [6, 6.07) is 0. The Morgan fingerprint density at radius 2 is 1.21 bits per heavy atom. The zero-order valence-electron chi connectivity index (χ0n) is 13.1. The van der Waals surface area contributed by atoms with Gasteiger partial charge < -0.3 is 0 Å². The normalized spacial score (nSPS) is 23.1. The van der Waals surface area contributed by atoms with Crippen LogP contribution >= 0.6 is 0 Å². The van der Waals surface area contributed by atoms with Crippen molar-refractivity contribution >= 4 is 0 Å². The van der Waals surface area contributed by atoms with Crippen molar-refractivity contribution in [3.63, 3.8) is 0 Å². The van der Waals surface area contributed by atoms with E-state index in [1.807, 2.05) is 0 Å². The van der Waals surface area contributed by atoms with Crippen LogP contribution in [0.25, 0.3) is 0 Å². The molecule has 0 atom stereocenters. The molecule has 2 fully saturated rings. The lowest BCUT2D eigenvalue weighted by molar-refractivity contribution is 0.0104. The number of hydrogen-bond acceptors (Lipinski definition) is 2. The molecule has 0 aliphatic carbocycles. The average Bonchev–Trinajstić information content (AvgIpc) is 2.49. The van der Waals surface area contributed by atoms with Crippen molar-refractivity contribution in [1.82, 2.24) is 9.80 Å². The molecule has 0 saturated carbocycles. The SMILES string of the molecule is CCCCCCC(N1CCCCC1)N1CCCCC1. The molecular formula is C17H34N2. The zero-order valence-corrected chi connectivity index (χ0v) is 13.1. The van der Waals surface area contributed by atoms with Crippen molar-refractivity contribution in [3.05, 3.63) is 0 Å². The maximum Gasteiger partial charge on any atom is 0.0622 e. The Bertz CT molecular complexity index is 199. The number of nitrogens with zero attached hydrogens (tertiary/aromatic N) is 2. The number of rotatable bonds is 7. The molecule has 0 spiro atoms. The molecule has 0 aromatic heterocycles. The molecule has 0 bridgehead atoms. The van der Waals surface area contributed by atoms with Crippen LogP contribution in [0.15, 0.2) is 0 Å². The highest BCUT2D eigenvalue weighted by Crippen LogP contribution is 2.23. The highest BCUT2D eigenvalue weighted by molar-refractivity contribution is 4.78. The molecule has 2 heteroatoms. The van der Waals surface area contributed by atoms with E-state index in [1.165, 1.54) is 96.8 Å². The quantitative estimate of drug-likeness (QED) is 0.635. The minimum Gasteiger partial charge on any atom is -0.288 e.